The first kappa shape index (κ1) is 18.2. The molecule has 5 nitrogen and oxygen atoms in total. The third kappa shape index (κ3) is 7.22. The van der Waals surface area contributed by atoms with E-state index in [0.717, 1.165) is 12.0 Å². The van der Waals surface area contributed by atoms with Crippen LogP contribution in [0.25, 0.3) is 0 Å². The van der Waals surface area contributed by atoms with Gasteiger partial charge in [0.15, 0.2) is 0 Å². The molecule has 0 fully saturated rings. The van der Waals surface area contributed by atoms with E-state index in [0.29, 0.717) is 5.92 Å². The molecule has 0 radical (unpaired) electrons. The minimum Gasteiger partial charge on any atom is -0.370 e. The van der Waals surface area contributed by atoms with Gasteiger partial charge in [-0.15, -0.1) is 5.48 Å². The van der Waals surface area contributed by atoms with Gasteiger partial charge >= 0.3 is 5.97 Å². The molecule has 3 N–H and O–H groups in total. The van der Waals surface area contributed by atoms with Crippen molar-refractivity contribution in [1.29, 1.82) is 0 Å². The molecular weight excluding hydrogens is 280 g/mol. The molecule has 22 heavy (non-hydrogen) atoms. The first-order chi connectivity index (χ1) is 10.4. The fourth-order valence-electron chi connectivity index (χ4n) is 2.43. The van der Waals surface area contributed by atoms with Gasteiger partial charge in [0.2, 0.25) is 5.91 Å². The average molecular weight is 306 g/mol. The van der Waals surface area contributed by atoms with E-state index in [2.05, 4.69) is 19.3 Å². The van der Waals surface area contributed by atoms with Crippen LogP contribution in [0.15, 0.2) is 30.3 Å². The van der Waals surface area contributed by atoms with Gasteiger partial charge in [-0.05, 0) is 30.7 Å². The fourth-order valence-corrected chi connectivity index (χ4v) is 2.43. The minimum absolute atomic E-state index is 0.0705. The van der Waals surface area contributed by atoms with Gasteiger partial charge in [0.1, 0.15) is 0 Å². The Labute approximate surface area is 132 Å². The van der Waals surface area contributed by atoms with Crippen LogP contribution >= 0.6 is 0 Å². The van der Waals surface area contributed by atoms with Gasteiger partial charge in [-0.1, -0.05) is 44.2 Å². The molecule has 1 aromatic carbocycles. The first-order valence-corrected chi connectivity index (χ1v) is 7.67. The summed E-state index contributed by atoms with van der Waals surface area (Å²) in [5, 5.41) is 0. The van der Waals surface area contributed by atoms with Crippen LogP contribution in [0.2, 0.25) is 0 Å². The Balaban J connectivity index is 2.44. The molecule has 1 unspecified atom stereocenters. The molecule has 0 spiro atoms. The Morgan fingerprint density at radius 2 is 1.77 bits per heavy atom. The van der Waals surface area contributed by atoms with Crippen LogP contribution in [-0.4, -0.2) is 11.9 Å². The molecule has 0 aliphatic rings. The molecule has 0 aromatic heterocycles. The number of primary amides is 1. The molecule has 2 atom stereocenters. The van der Waals surface area contributed by atoms with E-state index in [-0.39, 0.29) is 36.7 Å². The average Bonchev–Trinajstić information content (AvgIpc) is 2.44. The van der Waals surface area contributed by atoms with E-state index in [1.807, 2.05) is 37.3 Å². The topological polar surface area (TPSA) is 81.4 Å². The monoisotopic (exact) mass is 306 g/mol. The zero-order valence-electron chi connectivity index (χ0n) is 13.5. The second kappa shape index (κ2) is 9.20. The number of hydrogen-bond acceptors (Lipinski definition) is 4. The van der Waals surface area contributed by atoms with Gasteiger partial charge in [0, 0.05) is 6.42 Å². The smallest absolute Gasteiger partial charge is 0.325 e. The van der Waals surface area contributed by atoms with E-state index in [1.165, 1.54) is 0 Å². The van der Waals surface area contributed by atoms with Gasteiger partial charge < -0.3 is 10.6 Å². The van der Waals surface area contributed by atoms with Crippen LogP contribution in [0.3, 0.4) is 0 Å². The van der Waals surface area contributed by atoms with Crippen molar-refractivity contribution in [2.75, 3.05) is 0 Å². The SMILES string of the molecule is CC(C)C[C@H](CC(N)=O)CC(=O)ONC(C)c1ccccc1. The molecule has 0 bridgehead atoms. The lowest BCUT2D eigenvalue weighted by molar-refractivity contribution is -0.154. The van der Waals surface area contributed by atoms with Crippen LogP contribution in [0.4, 0.5) is 0 Å². The van der Waals surface area contributed by atoms with E-state index < -0.39 is 0 Å². The molecule has 1 aromatic rings. The van der Waals surface area contributed by atoms with Gasteiger partial charge in [-0.3, -0.25) is 9.59 Å². The summed E-state index contributed by atoms with van der Waals surface area (Å²) in [6.45, 7) is 6.02. The van der Waals surface area contributed by atoms with Crippen molar-refractivity contribution in [1.82, 2.24) is 5.48 Å². The number of hydroxylamine groups is 1. The number of benzene rings is 1. The van der Waals surface area contributed by atoms with Crippen molar-refractivity contribution in [3.63, 3.8) is 0 Å². The highest BCUT2D eigenvalue weighted by atomic mass is 16.7. The van der Waals surface area contributed by atoms with Gasteiger partial charge in [-0.2, -0.15) is 0 Å². The van der Waals surface area contributed by atoms with Crippen molar-refractivity contribution in [3.8, 4) is 0 Å². The summed E-state index contributed by atoms with van der Waals surface area (Å²) < 4.78 is 0. The van der Waals surface area contributed by atoms with Crippen molar-refractivity contribution in [3.05, 3.63) is 35.9 Å². The third-order valence-electron chi connectivity index (χ3n) is 3.40. The predicted octanol–water partition coefficient (Wildman–Crippen LogP) is 2.72. The third-order valence-corrected chi connectivity index (χ3v) is 3.40. The normalized spacial score (nSPS) is 13.6. The molecule has 5 heteroatoms. The molecule has 122 valence electrons. The number of carbonyl (C=O) groups is 2. The maximum absolute atomic E-state index is 11.9. The quantitative estimate of drug-likeness (QED) is 0.687. The molecule has 0 aliphatic carbocycles. The van der Waals surface area contributed by atoms with Gasteiger partial charge in [0.25, 0.3) is 0 Å². The number of rotatable bonds is 9. The van der Waals surface area contributed by atoms with E-state index >= 15 is 0 Å². The maximum Gasteiger partial charge on any atom is 0.325 e. The number of hydrogen-bond donors (Lipinski definition) is 2. The van der Waals surface area contributed by atoms with E-state index in [1.54, 1.807) is 0 Å². The molecule has 0 saturated carbocycles. The molecule has 0 heterocycles. The van der Waals surface area contributed by atoms with Crippen LogP contribution in [0, 0.1) is 11.8 Å². The Kier molecular flexibility index (Phi) is 7.60. The first-order valence-electron chi connectivity index (χ1n) is 7.67. The Bertz CT molecular complexity index is 474. The molecule has 1 amide bonds. The van der Waals surface area contributed by atoms with E-state index in [4.69, 9.17) is 10.6 Å². The molecule has 1 rings (SSSR count). The van der Waals surface area contributed by atoms with Crippen LogP contribution in [0.5, 0.6) is 0 Å². The zero-order chi connectivity index (χ0) is 16.5. The highest BCUT2D eigenvalue weighted by Gasteiger charge is 2.19. The standard InChI is InChI=1S/C17H26N2O3/c1-12(2)9-14(10-16(18)20)11-17(21)22-19-13(3)15-7-5-4-6-8-15/h4-8,12-14,19H,9-11H2,1-3H3,(H2,18,20)/t13?,14-/m1/s1. The maximum atomic E-state index is 11.9. The van der Waals surface area contributed by atoms with Gasteiger partial charge in [-0.25, -0.2) is 0 Å². The Morgan fingerprint density at radius 1 is 1.14 bits per heavy atom. The second-order valence-corrected chi connectivity index (χ2v) is 6.09. The fraction of sp³-hybridized carbons (Fsp3) is 0.529. The Morgan fingerprint density at radius 3 is 2.32 bits per heavy atom. The van der Waals surface area contributed by atoms with Crippen LogP contribution in [0.1, 0.15) is 51.6 Å². The zero-order valence-corrected chi connectivity index (χ0v) is 13.5. The van der Waals surface area contributed by atoms with Crippen molar-refractivity contribution in [2.45, 2.75) is 46.1 Å². The highest BCUT2D eigenvalue weighted by molar-refractivity contribution is 5.75. The molecule has 0 aliphatic heterocycles. The number of nitrogens with two attached hydrogens (primary N) is 1. The number of carbonyl (C=O) groups excluding carboxylic acids is 2. The summed E-state index contributed by atoms with van der Waals surface area (Å²) in [5.74, 6) is -0.425. The molecular formula is C17H26N2O3. The largest absolute Gasteiger partial charge is 0.370 e. The van der Waals surface area contributed by atoms with Crippen molar-refractivity contribution >= 4 is 11.9 Å². The minimum atomic E-state index is -0.385. The summed E-state index contributed by atoms with van der Waals surface area (Å²) in [4.78, 5) is 28.1. The summed E-state index contributed by atoms with van der Waals surface area (Å²) in [5.41, 5.74) is 9.01. The lowest BCUT2D eigenvalue weighted by atomic mass is 9.91. The summed E-state index contributed by atoms with van der Waals surface area (Å²) in [6, 6.07) is 9.62. The highest BCUT2D eigenvalue weighted by Crippen LogP contribution is 2.19. The second-order valence-electron chi connectivity index (χ2n) is 6.09. The lowest BCUT2D eigenvalue weighted by Crippen LogP contribution is -2.26. The van der Waals surface area contributed by atoms with Crippen LogP contribution < -0.4 is 11.2 Å². The summed E-state index contributed by atoms with van der Waals surface area (Å²) in [6.07, 6.45) is 1.17. The van der Waals surface area contributed by atoms with Crippen LogP contribution in [-0.2, 0) is 14.4 Å². The van der Waals surface area contributed by atoms with Crippen molar-refractivity contribution < 1.29 is 14.4 Å². The van der Waals surface area contributed by atoms with Gasteiger partial charge in [0.05, 0.1) is 12.5 Å². The lowest BCUT2D eigenvalue weighted by Gasteiger charge is -2.18. The Hall–Kier alpha value is -1.88. The molecule has 0 saturated heterocycles. The number of nitrogens with one attached hydrogen (secondary N) is 1. The summed E-state index contributed by atoms with van der Waals surface area (Å²) >= 11 is 0. The summed E-state index contributed by atoms with van der Waals surface area (Å²) in [7, 11) is 0. The predicted molar refractivity (Wildman–Crippen MR) is 85.5 cm³/mol. The van der Waals surface area contributed by atoms with E-state index in [9.17, 15) is 9.59 Å². The van der Waals surface area contributed by atoms with Crippen molar-refractivity contribution in [2.24, 2.45) is 17.6 Å². The number of amides is 1.